The number of pyridine rings is 1. The number of nitrogens with zero attached hydrogens (tertiary/aromatic N) is 3. The highest BCUT2D eigenvalue weighted by atomic mass is 35.5. The summed E-state index contributed by atoms with van der Waals surface area (Å²) in [6.07, 6.45) is 3.08. The van der Waals surface area contributed by atoms with Crippen molar-refractivity contribution >= 4 is 51.4 Å². The smallest absolute Gasteiger partial charge is 0.224 e. The van der Waals surface area contributed by atoms with Crippen molar-refractivity contribution in [2.24, 2.45) is 0 Å². The number of hydrogen-bond donors (Lipinski definition) is 2. The van der Waals surface area contributed by atoms with Gasteiger partial charge in [0.15, 0.2) is 5.15 Å². The van der Waals surface area contributed by atoms with Crippen LogP contribution in [-0.2, 0) is 11.0 Å². The molecule has 6 nitrogen and oxygen atoms in total. The number of aromatic nitrogens is 3. The van der Waals surface area contributed by atoms with E-state index in [1.807, 2.05) is 20.8 Å². The van der Waals surface area contributed by atoms with E-state index in [1.165, 1.54) is 6.20 Å². The fourth-order valence-corrected chi connectivity index (χ4v) is 2.41. The summed E-state index contributed by atoms with van der Waals surface area (Å²) in [7, 11) is -1.31. The Hall–Kier alpha value is -1.44. The average Bonchev–Trinajstić information content (AvgIpc) is 2.41. The molecule has 1 unspecified atom stereocenters. The lowest BCUT2D eigenvalue weighted by molar-refractivity contribution is 0.653. The molecule has 118 valence electrons. The van der Waals surface area contributed by atoms with E-state index in [9.17, 15) is 4.21 Å². The van der Waals surface area contributed by atoms with Gasteiger partial charge in [-0.25, -0.2) is 19.2 Å². The highest BCUT2D eigenvalue weighted by molar-refractivity contribution is 7.87. The molecule has 1 atom stereocenters. The first kappa shape index (κ1) is 16.9. The summed E-state index contributed by atoms with van der Waals surface area (Å²) in [5.74, 6) is 0.520. The Morgan fingerprint density at radius 3 is 2.59 bits per heavy atom. The summed E-state index contributed by atoms with van der Waals surface area (Å²) in [5, 5.41) is 3.41. The van der Waals surface area contributed by atoms with Crippen LogP contribution in [0.5, 0.6) is 0 Å². The van der Waals surface area contributed by atoms with Gasteiger partial charge in [-0.05, 0) is 44.5 Å². The third kappa shape index (κ3) is 4.53. The van der Waals surface area contributed by atoms with Crippen molar-refractivity contribution in [3.8, 4) is 0 Å². The molecule has 0 saturated heterocycles. The van der Waals surface area contributed by atoms with Crippen molar-refractivity contribution in [1.82, 2.24) is 15.0 Å². The fourth-order valence-electron chi connectivity index (χ4n) is 1.39. The molecule has 2 heterocycles. The van der Waals surface area contributed by atoms with Crippen molar-refractivity contribution in [2.45, 2.75) is 25.5 Å². The molecular weight excluding hydrogens is 345 g/mol. The van der Waals surface area contributed by atoms with Gasteiger partial charge in [-0.15, -0.1) is 0 Å². The molecule has 0 aliphatic heterocycles. The van der Waals surface area contributed by atoms with Gasteiger partial charge in [0.2, 0.25) is 5.28 Å². The lowest BCUT2D eigenvalue weighted by Crippen LogP contribution is -2.27. The Morgan fingerprint density at radius 2 is 1.95 bits per heavy atom. The standard InChI is InChI=1S/C13H15Cl2N5OS/c1-13(2,3)22(21)20-9-6-8(7-17-11(9)14)18-10-4-5-16-12(15)19-10/h4-7,20H,1-3H3,(H,16,18,19). The molecule has 2 N–H and O–H groups in total. The van der Waals surface area contributed by atoms with Gasteiger partial charge >= 0.3 is 0 Å². The number of halogens is 2. The molecule has 2 aromatic heterocycles. The van der Waals surface area contributed by atoms with Crippen molar-refractivity contribution in [3.63, 3.8) is 0 Å². The maximum Gasteiger partial charge on any atom is 0.224 e. The van der Waals surface area contributed by atoms with Crippen LogP contribution < -0.4 is 10.0 Å². The third-order valence-electron chi connectivity index (χ3n) is 2.50. The summed E-state index contributed by atoms with van der Waals surface area (Å²) >= 11 is 11.8. The molecule has 0 saturated carbocycles. The SMILES string of the molecule is CC(C)(C)S(=O)Nc1cc(Nc2ccnc(Cl)n2)cnc1Cl. The van der Waals surface area contributed by atoms with E-state index >= 15 is 0 Å². The van der Waals surface area contributed by atoms with E-state index < -0.39 is 15.7 Å². The molecule has 9 heteroatoms. The number of hydrogen-bond acceptors (Lipinski definition) is 5. The lowest BCUT2D eigenvalue weighted by atomic mass is 10.3. The molecule has 0 bridgehead atoms. The molecule has 0 aliphatic rings. The van der Waals surface area contributed by atoms with Crippen molar-refractivity contribution < 1.29 is 4.21 Å². The third-order valence-corrected chi connectivity index (χ3v) is 4.50. The summed E-state index contributed by atoms with van der Waals surface area (Å²) in [6.45, 7) is 5.59. The van der Waals surface area contributed by atoms with Gasteiger partial charge in [-0.3, -0.25) is 0 Å². The average molecular weight is 360 g/mol. The molecule has 0 spiro atoms. The predicted octanol–water partition coefficient (Wildman–Crippen LogP) is 3.80. The van der Waals surface area contributed by atoms with Gasteiger partial charge < -0.3 is 10.0 Å². The molecule has 22 heavy (non-hydrogen) atoms. The van der Waals surface area contributed by atoms with E-state index in [1.54, 1.807) is 18.3 Å². The zero-order valence-corrected chi connectivity index (χ0v) is 14.6. The van der Waals surface area contributed by atoms with Gasteiger partial charge in [-0.2, -0.15) is 0 Å². The second-order valence-electron chi connectivity index (χ2n) is 5.38. The van der Waals surface area contributed by atoms with Gasteiger partial charge in [-0.1, -0.05) is 11.6 Å². The van der Waals surface area contributed by atoms with Crippen LogP contribution in [-0.4, -0.2) is 23.9 Å². The van der Waals surface area contributed by atoms with Crippen molar-refractivity contribution in [2.75, 3.05) is 10.0 Å². The first-order valence-corrected chi connectivity index (χ1v) is 8.26. The highest BCUT2D eigenvalue weighted by Crippen LogP contribution is 2.26. The Labute approximate surface area is 141 Å². The monoisotopic (exact) mass is 359 g/mol. The minimum Gasteiger partial charge on any atom is -0.339 e. The Balaban J connectivity index is 2.21. The van der Waals surface area contributed by atoms with Gasteiger partial charge in [0, 0.05) is 6.20 Å². The Bertz CT molecular complexity index is 705. The number of rotatable bonds is 4. The van der Waals surface area contributed by atoms with Gasteiger partial charge in [0.1, 0.15) is 16.8 Å². The van der Waals surface area contributed by atoms with Crippen LogP contribution in [0, 0.1) is 0 Å². The van der Waals surface area contributed by atoms with Crippen LogP contribution in [0.4, 0.5) is 17.2 Å². The normalized spacial score (nSPS) is 12.8. The van der Waals surface area contributed by atoms with Crippen LogP contribution in [0.15, 0.2) is 24.5 Å². The summed E-state index contributed by atoms with van der Waals surface area (Å²) in [4.78, 5) is 11.9. The maximum absolute atomic E-state index is 12.2. The van der Waals surface area contributed by atoms with Crippen LogP contribution in [0.2, 0.25) is 10.4 Å². The predicted molar refractivity (Wildman–Crippen MR) is 91.1 cm³/mol. The minimum absolute atomic E-state index is 0.138. The topological polar surface area (TPSA) is 79.8 Å². The Morgan fingerprint density at radius 1 is 1.23 bits per heavy atom. The summed E-state index contributed by atoms with van der Waals surface area (Å²) in [6, 6.07) is 3.37. The molecule has 0 aliphatic carbocycles. The fraction of sp³-hybridized carbons (Fsp3) is 0.308. The second kappa shape index (κ2) is 6.76. The van der Waals surface area contributed by atoms with Crippen molar-refractivity contribution in [3.05, 3.63) is 35.0 Å². The molecule has 0 radical (unpaired) electrons. The van der Waals surface area contributed by atoms with Crippen LogP contribution in [0.3, 0.4) is 0 Å². The van der Waals surface area contributed by atoms with Crippen LogP contribution in [0.1, 0.15) is 20.8 Å². The minimum atomic E-state index is -1.31. The first-order valence-electron chi connectivity index (χ1n) is 6.35. The molecule has 0 amide bonds. The molecular formula is C13H15Cl2N5OS. The number of nitrogens with one attached hydrogen (secondary N) is 2. The summed E-state index contributed by atoms with van der Waals surface area (Å²) in [5.41, 5.74) is 1.10. The Kier molecular flexibility index (Phi) is 5.20. The zero-order valence-electron chi connectivity index (χ0n) is 12.2. The number of anilines is 3. The lowest BCUT2D eigenvalue weighted by Gasteiger charge is -2.19. The second-order valence-corrected chi connectivity index (χ2v) is 8.04. The molecule has 0 fully saturated rings. The maximum atomic E-state index is 12.2. The van der Waals surface area contributed by atoms with Gasteiger partial charge in [0.25, 0.3) is 0 Å². The van der Waals surface area contributed by atoms with Crippen molar-refractivity contribution in [1.29, 1.82) is 0 Å². The highest BCUT2D eigenvalue weighted by Gasteiger charge is 2.20. The van der Waals surface area contributed by atoms with E-state index in [2.05, 4.69) is 25.0 Å². The van der Waals surface area contributed by atoms with E-state index in [0.29, 0.717) is 17.2 Å². The van der Waals surface area contributed by atoms with Crippen LogP contribution in [0.25, 0.3) is 0 Å². The van der Waals surface area contributed by atoms with Crippen LogP contribution >= 0.6 is 23.2 Å². The molecule has 2 rings (SSSR count). The van der Waals surface area contributed by atoms with E-state index in [-0.39, 0.29) is 10.4 Å². The van der Waals surface area contributed by atoms with E-state index in [0.717, 1.165) is 0 Å². The zero-order chi connectivity index (χ0) is 16.3. The first-order chi connectivity index (χ1) is 10.3. The van der Waals surface area contributed by atoms with Gasteiger partial charge in [0.05, 0.1) is 22.3 Å². The molecule has 2 aromatic rings. The van der Waals surface area contributed by atoms with E-state index in [4.69, 9.17) is 23.2 Å². The summed E-state index contributed by atoms with van der Waals surface area (Å²) < 4.78 is 14.6. The largest absolute Gasteiger partial charge is 0.339 e. The molecule has 0 aromatic carbocycles. The quantitative estimate of drug-likeness (QED) is 0.640.